The predicted octanol–water partition coefficient (Wildman–Crippen LogP) is 4.42. The van der Waals surface area contributed by atoms with Crippen LogP contribution in [0.5, 0.6) is 0 Å². The van der Waals surface area contributed by atoms with Crippen LogP contribution in [0.4, 0.5) is 0 Å². The molecular weight excluding hydrogens is 256 g/mol. The van der Waals surface area contributed by atoms with Crippen LogP contribution in [0.1, 0.15) is 53.9 Å². The third kappa shape index (κ3) is 8.58. The van der Waals surface area contributed by atoms with Crippen molar-refractivity contribution in [3.63, 3.8) is 0 Å². The zero-order chi connectivity index (χ0) is 14.6. The van der Waals surface area contributed by atoms with E-state index in [-0.39, 0.29) is 0 Å². The first-order valence-corrected chi connectivity index (χ1v) is 9.65. The third-order valence-corrected chi connectivity index (χ3v) is 6.09. The predicted molar refractivity (Wildman–Crippen MR) is 83.3 cm³/mol. The highest BCUT2D eigenvalue weighted by atomic mass is 28.4. The van der Waals surface area contributed by atoms with Gasteiger partial charge in [0.15, 0.2) is 0 Å². The summed E-state index contributed by atoms with van der Waals surface area (Å²) in [5.41, 5.74) is 0. The van der Waals surface area contributed by atoms with E-state index in [2.05, 4.69) is 26.0 Å². The zero-order valence-corrected chi connectivity index (χ0v) is 14.4. The van der Waals surface area contributed by atoms with Crippen LogP contribution in [-0.4, -0.2) is 28.6 Å². The van der Waals surface area contributed by atoms with Crippen molar-refractivity contribution in [2.45, 2.75) is 59.9 Å². The van der Waals surface area contributed by atoms with Crippen LogP contribution in [0.2, 0.25) is 6.04 Å². The van der Waals surface area contributed by atoms with Crippen molar-refractivity contribution < 1.29 is 13.3 Å². The first kappa shape index (κ1) is 18.8. The Morgan fingerprint density at radius 2 is 1.47 bits per heavy atom. The molecule has 0 spiro atoms. The Labute approximate surface area is 120 Å². The van der Waals surface area contributed by atoms with Crippen LogP contribution in [0.25, 0.3) is 0 Å². The Balaban J connectivity index is 4.27. The van der Waals surface area contributed by atoms with E-state index in [1.165, 1.54) is 6.42 Å². The molecule has 0 aliphatic carbocycles. The minimum atomic E-state index is -2.42. The summed E-state index contributed by atoms with van der Waals surface area (Å²) >= 11 is 0. The molecule has 0 saturated carbocycles. The van der Waals surface area contributed by atoms with Crippen LogP contribution >= 0.6 is 0 Å². The molecule has 0 heterocycles. The monoisotopic (exact) mass is 288 g/mol. The van der Waals surface area contributed by atoms with Crippen molar-refractivity contribution in [2.75, 3.05) is 19.8 Å². The van der Waals surface area contributed by atoms with Gasteiger partial charge < -0.3 is 13.3 Å². The molecule has 3 nitrogen and oxygen atoms in total. The first-order chi connectivity index (χ1) is 9.14. The summed E-state index contributed by atoms with van der Waals surface area (Å²) in [5.74, 6) is 0.622. The lowest BCUT2D eigenvalue weighted by Gasteiger charge is -2.28. The number of hydrogen-bond donors (Lipinski definition) is 0. The summed E-state index contributed by atoms with van der Waals surface area (Å²) in [6.45, 7) is 12.4. The molecule has 0 aromatic carbocycles. The molecular formula is C15H32O3Si. The van der Waals surface area contributed by atoms with E-state index < -0.39 is 8.80 Å². The Morgan fingerprint density at radius 1 is 0.947 bits per heavy atom. The van der Waals surface area contributed by atoms with Gasteiger partial charge in [0.2, 0.25) is 0 Å². The van der Waals surface area contributed by atoms with E-state index in [9.17, 15) is 0 Å². The summed E-state index contributed by atoms with van der Waals surface area (Å²) < 4.78 is 17.5. The molecule has 1 unspecified atom stereocenters. The van der Waals surface area contributed by atoms with Crippen LogP contribution in [0.15, 0.2) is 12.2 Å². The lowest BCUT2D eigenvalue weighted by Crippen LogP contribution is -2.45. The average Bonchev–Trinajstić information content (AvgIpc) is 2.37. The first-order valence-electron chi connectivity index (χ1n) is 7.72. The van der Waals surface area contributed by atoms with Crippen LogP contribution in [-0.2, 0) is 13.3 Å². The van der Waals surface area contributed by atoms with Crippen molar-refractivity contribution in [3.05, 3.63) is 12.2 Å². The molecule has 1 atom stereocenters. The maximum atomic E-state index is 5.85. The van der Waals surface area contributed by atoms with Crippen molar-refractivity contribution in [3.8, 4) is 0 Å². The molecule has 19 heavy (non-hydrogen) atoms. The van der Waals surface area contributed by atoms with E-state index in [0.717, 1.165) is 18.9 Å². The molecule has 0 aromatic heterocycles. The SMILES string of the molecule is CC/C=C/C(C)CCC[Si](OCC)(OCC)OCC. The Bertz CT molecular complexity index is 214. The smallest absolute Gasteiger partial charge is 0.374 e. The van der Waals surface area contributed by atoms with Crippen LogP contribution < -0.4 is 0 Å². The van der Waals surface area contributed by atoms with Crippen molar-refractivity contribution in [2.24, 2.45) is 5.92 Å². The van der Waals surface area contributed by atoms with E-state index in [1.54, 1.807) is 0 Å². The van der Waals surface area contributed by atoms with Crippen LogP contribution in [0.3, 0.4) is 0 Å². The second kappa shape index (κ2) is 11.6. The van der Waals surface area contributed by atoms with Gasteiger partial charge in [-0.2, -0.15) is 0 Å². The maximum absolute atomic E-state index is 5.85. The zero-order valence-electron chi connectivity index (χ0n) is 13.4. The fourth-order valence-corrected chi connectivity index (χ4v) is 4.75. The van der Waals surface area contributed by atoms with Crippen molar-refractivity contribution in [1.29, 1.82) is 0 Å². The second-order valence-electron chi connectivity index (χ2n) is 4.69. The summed E-state index contributed by atoms with van der Waals surface area (Å²) in [6, 6.07) is 0.923. The van der Waals surface area contributed by atoms with Gasteiger partial charge in [-0.05, 0) is 46.0 Å². The van der Waals surface area contributed by atoms with Crippen molar-refractivity contribution in [1.82, 2.24) is 0 Å². The van der Waals surface area contributed by atoms with Gasteiger partial charge in [-0.3, -0.25) is 0 Å². The standard InChI is InChI=1S/C15H32O3Si/c1-6-10-12-15(5)13-11-14-19(16-7-2,17-8-3)18-9-4/h10,12,15H,6-9,11,13-14H2,1-5H3/b12-10+. The topological polar surface area (TPSA) is 27.7 Å². The fourth-order valence-electron chi connectivity index (χ4n) is 2.11. The largest absolute Gasteiger partial charge is 0.500 e. The molecule has 0 rings (SSSR count). The highest BCUT2D eigenvalue weighted by Crippen LogP contribution is 2.21. The van der Waals surface area contributed by atoms with Gasteiger partial charge in [-0.25, -0.2) is 0 Å². The number of allylic oxidation sites excluding steroid dienone is 2. The normalized spacial score (nSPS) is 14.2. The molecule has 4 heteroatoms. The van der Waals surface area contributed by atoms with Gasteiger partial charge in [0.25, 0.3) is 0 Å². The molecule has 0 amide bonds. The van der Waals surface area contributed by atoms with Gasteiger partial charge in [0, 0.05) is 25.9 Å². The highest BCUT2D eigenvalue weighted by Gasteiger charge is 2.39. The van der Waals surface area contributed by atoms with E-state index in [1.807, 2.05) is 20.8 Å². The van der Waals surface area contributed by atoms with Gasteiger partial charge in [-0.1, -0.05) is 26.0 Å². The van der Waals surface area contributed by atoms with Gasteiger partial charge >= 0.3 is 8.80 Å². The molecule has 0 aromatic rings. The van der Waals surface area contributed by atoms with E-state index in [4.69, 9.17) is 13.3 Å². The van der Waals surface area contributed by atoms with Crippen molar-refractivity contribution >= 4 is 8.80 Å². The average molecular weight is 289 g/mol. The molecule has 0 bridgehead atoms. The maximum Gasteiger partial charge on any atom is 0.500 e. The molecule has 114 valence electrons. The lowest BCUT2D eigenvalue weighted by molar-refractivity contribution is 0.0705. The fraction of sp³-hybridized carbons (Fsp3) is 0.867. The quantitative estimate of drug-likeness (QED) is 0.393. The molecule has 0 aliphatic rings. The molecule has 0 aliphatic heterocycles. The highest BCUT2D eigenvalue weighted by molar-refractivity contribution is 6.60. The third-order valence-electron chi connectivity index (χ3n) is 2.94. The molecule has 0 fully saturated rings. The summed E-state index contributed by atoms with van der Waals surface area (Å²) in [5, 5.41) is 0. The summed E-state index contributed by atoms with van der Waals surface area (Å²) in [6.07, 6.45) is 7.91. The molecule has 0 N–H and O–H groups in total. The van der Waals surface area contributed by atoms with Crippen LogP contribution in [0, 0.1) is 5.92 Å². The minimum absolute atomic E-state index is 0.622. The molecule has 0 radical (unpaired) electrons. The van der Waals surface area contributed by atoms with Gasteiger partial charge in [0.1, 0.15) is 0 Å². The van der Waals surface area contributed by atoms with E-state index in [0.29, 0.717) is 25.7 Å². The number of rotatable bonds is 12. The Kier molecular flexibility index (Phi) is 11.5. The van der Waals surface area contributed by atoms with E-state index >= 15 is 0 Å². The summed E-state index contributed by atoms with van der Waals surface area (Å²) in [4.78, 5) is 0. The summed E-state index contributed by atoms with van der Waals surface area (Å²) in [7, 11) is -2.42. The second-order valence-corrected chi connectivity index (χ2v) is 7.42. The number of hydrogen-bond acceptors (Lipinski definition) is 3. The molecule has 0 saturated heterocycles. The lowest BCUT2D eigenvalue weighted by atomic mass is 10.1. The minimum Gasteiger partial charge on any atom is -0.374 e. The van der Waals surface area contributed by atoms with Gasteiger partial charge in [0.05, 0.1) is 0 Å². The van der Waals surface area contributed by atoms with Gasteiger partial charge in [-0.15, -0.1) is 0 Å². The Hall–Kier alpha value is -0.163. The Morgan fingerprint density at radius 3 is 1.89 bits per heavy atom.